The van der Waals surface area contributed by atoms with Crippen LogP contribution in [0.15, 0.2) is 66.7 Å². The van der Waals surface area contributed by atoms with Crippen LogP contribution in [0.1, 0.15) is 47.1 Å². The molecule has 0 bridgehead atoms. The number of hydrogen-bond acceptors (Lipinski definition) is 5. The van der Waals surface area contributed by atoms with Gasteiger partial charge in [0.05, 0.1) is 24.5 Å². The molecule has 0 unspecified atom stereocenters. The molecule has 182 valence electrons. The molecule has 3 aromatic carbocycles. The largest absolute Gasteiger partial charge is 0.456 e. The Morgan fingerprint density at radius 3 is 2.23 bits per heavy atom. The maximum Gasteiger partial charge on any atom is 0.340 e. The standard InChI is InChI=1S/C29H32N2O4/c1-20-18-23(31-14-16-34-17-15-31)11-13-24(20)27(32)30-26-19-22(21-8-6-5-7-9-21)10-12-25(26)28(33)35-29(2,3)4/h5-13,18-19H,14-17H2,1-4H3,(H,30,32). The van der Waals surface area contributed by atoms with Crippen molar-refractivity contribution >= 4 is 23.3 Å². The van der Waals surface area contributed by atoms with Gasteiger partial charge in [-0.2, -0.15) is 0 Å². The van der Waals surface area contributed by atoms with Crippen LogP contribution in [0.5, 0.6) is 0 Å². The summed E-state index contributed by atoms with van der Waals surface area (Å²) in [7, 11) is 0. The predicted octanol–water partition coefficient (Wildman–Crippen LogP) is 5.71. The van der Waals surface area contributed by atoms with Crippen LogP contribution in [0.25, 0.3) is 11.1 Å². The van der Waals surface area contributed by atoms with E-state index in [-0.39, 0.29) is 5.91 Å². The van der Waals surface area contributed by atoms with E-state index in [9.17, 15) is 9.59 Å². The molecule has 1 aliphatic rings. The summed E-state index contributed by atoms with van der Waals surface area (Å²) in [4.78, 5) is 28.5. The molecular formula is C29H32N2O4. The molecule has 0 spiro atoms. The highest BCUT2D eigenvalue weighted by Crippen LogP contribution is 2.29. The summed E-state index contributed by atoms with van der Waals surface area (Å²) in [6, 6.07) is 21.1. The fourth-order valence-electron chi connectivity index (χ4n) is 4.08. The summed E-state index contributed by atoms with van der Waals surface area (Å²) >= 11 is 0. The summed E-state index contributed by atoms with van der Waals surface area (Å²) < 4.78 is 11.0. The second-order valence-corrected chi connectivity index (χ2v) is 9.68. The summed E-state index contributed by atoms with van der Waals surface area (Å²) in [5.74, 6) is -0.752. The SMILES string of the molecule is Cc1cc(N2CCOCC2)ccc1C(=O)Nc1cc(-c2ccccc2)ccc1C(=O)OC(C)(C)C. The number of morpholine rings is 1. The van der Waals surface area contributed by atoms with Crippen molar-refractivity contribution in [1.29, 1.82) is 0 Å². The average Bonchev–Trinajstić information content (AvgIpc) is 2.84. The normalized spacial score (nSPS) is 13.9. The number of nitrogens with one attached hydrogen (secondary N) is 1. The number of carbonyl (C=O) groups excluding carboxylic acids is 2. The van der Waals surface area contributed by atoms with Crippen LogP contribution in [0.4, 0.5) is 11.4 Å². The predicted molar refractivity (Wildman–Crippen MR) is 139 cm³/mol. The summed E-state index contributed by atoms with van der Waals surface area (Å²) in [6.07, 6.45) is 0. The Labute approximate surface area is 206 Å². The van der Waals surface area contributed by atoms with E-state index in [0.717, 1.165) is 35.5 Å². The van der Waals surface area contributed by atoms with Gasteiger partial charge in [-0.05, 0) is 74.7 Å². The molecule has 1 amide bonds. The molecule has 1 fully saturated rings. The van der Waals surface area contributed by atoms with E-state index >= 15 is 0 Å². The van der Waals surface area contributed by atoms with E-state index < -0.39 is 11.6 Å². The van der Waals surface area contributed by atoms with Gasteiger partial charge in [0.25, 0.3) is 5.91 Å². The van der Waals surface area contributed by atoms with Crippen molar-refractivity contribution in [3.63, 3.8) is 0 Å². The molecule has 4 rings (SSSR count). The van der Waals surface area contributed by atoms with Gasteiger partial charge in [-0.25, -0.2) is 4.79 Å². The Hall–Kier alpha value is -3.64. The number of carbonyl (C=O) groups is 2. The Bertz CT molecular complexity index is 1210. The summed E-state index contributed by atoms with van der Waals surface area (Å²) in [5, 5.41) is 2.97. The lowest BCUT2D eigenvalue weighted by molar-refractivity contribution is 0.00708. The van der Waals surface area contributed by atoms with Crippen LogP contribution in [-0.4, -0.2) is 43.8 Å². The van der Waals surface area contributed by atoms with Crippen LogP contribution in [-0.2, 0) is 9.47 Å². The molecule has 1 saturated heterocycles. The van der Waals surface area contributed by atoms with Crippen LogP contribution in [0.3, 0.4) is 0 Å². The number of anilines is 2. The van der Waals surface area contributed by atoms with Crippen molar-refractivity contribution in [2.24, 2.45) is 0 Å². The molecule has 0 saturated carbocycles. The molecule has 6 heteroatoms. The number of rotatable bonds is 5. The Morgan fingerprint density at radius 1 is 0.886 bits per heavy atom. The lowest BCUT2D eigenvalue weighted by Crippen LogP contribution is -2.36. The number of aryl methyl sites for hydroxylation is 1. The van der Waals surface area contributed by atoms with Crippen LogP contribution >= 0.6 is 0 Å². The minimum absolute atomic E-state index is 0.272. The van der Waals surface area contributed by atoms with Crippen LogP contribution in [0.2, 0.25) is 0 Å². The molecule has 0 radical (unpaired) electrons. The minimum Gasteiger partial charge on any atom is -0.456 e. The molecule has 0 aliphatic carbocycles. The fraction of sp³-hybridized carbons (Fsp3) is 0.310. The van der Waals surface area contributed by atoms with Gasteiger partial charge in [0.15, 0.2) is 0 Å². The Morgan fingerprint density at radius 2 is 1.57 bits per heavy atom. The van der Waals surface area contributed by atoms with Crippen molar-refractivity contribution in [1.82, 2.24) is 0 Å². The van der Waals surface area contributed by atoms with E-state index in [1.807, 2.05) is 88.4 Å². The van der Waals surface area contributed by atoms with E-state index in [2.05, 4.69) is 10.2 Å². The molecule has 1 heterocycles. The number of hydrogen-bond donors (Lipinski definition) is 1. The van der Waals surface area contributed by atoms with Gasteiger partial charge in [-0.3, -0.25) is 4.79 Å². The third kappa shape index (κ3) is 6.08. The molecule has 35 heavy (non-hydrogen) atoms. The summed E-state index contributed by atoms with van der Waals surface area (Å²) in [5.41, 5.74) is 4.47. The first-order valence-corrected chi connectivity index (χ1v) is 11.9. The van der Waals surface area contributed by atoms with Crippen molar-refractivity contribution in [3.05, 3.63) is 83.4 Å². The number of benzene rings is 3. The van der Waals surface area contributed by atoms with E-state index in [4.69, 9.17) is 9.47 Å². The third-order valence-corrected chi connectivity index (χ3v) is 5.82. The van der Waals surface area contributed by atoms with Crippen LogP contribution in [0, 0.1) is 6.92 Å². The van der Waals surface area contributed by atoms with Crippen molar-refractivity contribution < 1.29 is 19.1 Å². The number of amides is 1. The highest BCUT2D eigenvalue weighted by atomic mass is 16.6. The minimum atomic E-state index is -0.650. The zero-order valence-corrected chi connectivity index (χ0v) is 20.8. The first-order valence-electron chi connectivity index (χ1n) is 11.9. The molecule has 3 aromatic rings. The molecule has 0 atom stereocenters. The molecule has 6 nitrogen and oxygen atoms in total. The zero-order valence-electron chi connectivity index (χ0n) is 20.8. The molecule has 0 aromatic heterocycles. The second kappa shape index (κ2) is 10.3. The second-order valence-electron chi connectivity index (χ2n) is 9.68. The van der Waals surface area contributed by atoms with Gasteiger partial charge in [0.2, 0.25) is 0 Å². The lowest BCUT2D eigenvalue weighted by atomic mass is 10.0. The van der Waals surface area contributed by atoms with E-state index in [0.29, 0.717) is 30.0 Å². The highest BCUT2D eigenvalue weighted by molar-refractivity contribution is 6.09. The van der Waals surface area contributed by atoms with Gasteiger partial charge < -0.3 is 19.7 Å². The van der Waals surface area contributed by atoms with Crippen molar-refractivity contribution in [2.75, 3.05) is 36.5 Å². The van der Waals surface area contributed by atoms with Gasteiger partial charge in [0, 0.05) is 24.3 Å². The van der Waals surface area contributed by atoms with Crippen LogP contribution < -0.4 is 10.2 Å². The Balaban J connectivity index is 1.64. The van der Waals surface area contributed by atoms with Gasteiger partial charge in [-0.1, -0.05) is 36.4 Å². The summed E-state index contributed by atoms with van der Waals surface area (Å²) in [6.45, 7) is 10.4. The van der Waals surface area contributed by atoms with Crippen molar-refractivity contribution in [2.45, 2.75) is 33.3 Å². The van der Waals surface area contributed by atoms with Gasteiger partial charge in [0.1, 0.15) is 5.60 Å². The molecule has 1 N–H and O–H groups in total. The first-order chi connectivity index (χ1) is 16.7. The number of ether oxygens (including phenoxy) is 2. The van der Waals surface area contributed by atoms with Gasteiger partial charge in [-0.15, -0.1) is 0 Å². The molecule has 1 aliphatic heterocycles. The quantitative estimate of drug-likeness (QED) is 0.482. The van der Waals surface area contributed by atoms with Gasteiger partial charge >= 0.3 is 5.97 Å². The lowest BCUT2D eigenvalue weighted by Gasteiger charge is -2.29. The smallest absolute Gasteiger partial charge is 0.340 e. The van der Waals surface area contributed by atoms with E-state index in [1.54, 1.807) is 6.07 Å². The topological polar surface area (TPSA) is 67.9 Å². The average molecular weight is 473 g/mol. The maximum absolute atomic E-state index is 13.3. The molecular weight excluding hydrogens is 440 g/mol. The Kier molecular flexibility index (Phi) is 7.22. The first kappa shape index (κ1) is 24.5. The fourth-order valence-corrected chi connectivity index (χ4v) is 4.08. The highest BCUT2D eigenvalue weighted by Gasteiger charge is 2.23. The number of esters is 1. The third-order valence-electron chi connectivity index (χ3n) is 5.82. The monoisotopic (exact) mass is 472 g/mol. The zero-order chi connectivity index (χ0) is 25.0. The number of nitrogens with zero attached hydrogens (tertiary/aromatic N) is 1. The van der Waals surface area contributed by atoms with Crippen molar-refractivity contribution in [3.8, 4) is 11.1 Å². The maximum atomic E-state index is 13.3. The van der Waals surface area contributed by atoms with E-state index in [1.165, 1.54) is 0 Å².